The van der Waals surface area contributed by atoms with Crippen LogP contribution in [0.15, 0.2) is 6.20 Å². The third-order valence-electron chi connectivity index (χ3n) is 2.89. The highest BCUT2D eigenvalue weighted by atomic mass is 16.2. The summed E-state index contributed by atoms with van der Waals surface area (Å²) in [5, 5.41) is 9.20. The molecule has 0 spiro atoms. The van der Waals surface area contributed by atoms with E-state index in [0.29, 0.717) is 11.5 Å². The summed E-state index contributed by atoms with van der Waals surface area (Å²) < 4.78 is 0. The van der Waals surface area contributed by atoms with Crippen LogP contribution in [0, 0.1) is 5.92 Å². The van der Waals surface area contributed by atoms with Gasteiger partial charge in [0.15, 0.2) is 5.82 Å². The Bertz CT molecular complexity index is 341. The van der Waals surface area contributed by atoms with E-state index in [4.69, 9.17) is 5.73 Å². The molecule has 0 unspecified atom stereocenters. The molecule has 5 heteroatoms. The lowest BCUT2D eigenvalue weighted by atomic mass is 9.89. The number of rotatable bonds is 2. The fourth-order valence-corrected chi connectivity index (χ4v) is 1.99. The van der Waals surface area contributed by atoms with E-state index in [-0.39, 0.29) is 11.8 Å². The maximum Gasteiger partial charge on any atom is 0.228 e. The molecule has 0 bridgehead atoms. The number of aromatic nitrogens is 2. The molecule has 1 amide bonds. The normalized spacial score (nSPS) is 17.6. The van der Waals surface area contributed by atoms with Crippen LogP contribution in [0.25, 0.3) is 0 Å². The second-order valence-corrected chi connectivity index (χ2v) is 4.02. The molecule has 0 atom stereocenters. The highest BCUT2D eigenvalue weighted by Gasteiger charge is 2.21. The fraction of sp³-hybridized carbons (Fsp3) is 0.600. The number of hydrogen-bond acceptors (Lipinski definition) is 3. The number of nitrogens with zero attached hydrogens (tertiary/aromatic N) is 1. The van der Waals surface area contributed by atoms with Gasteiger partial charge in [-0.15, -0.1) is 0 Å². The summed E-state index contributed by atoms with van der Waals surface area (Å²) in [6.45, 7) is 0. The molecule has 2 rings (SSSR count). The van der Waals surface area contributed by atoms with Crippen LogP contribution >= 0.6 is 0 Å². The molecule has 1 saturated carbocycles. The van der Waals surface area contributed by atoms with E-state index < -0.39 is 0 Å². The van der Waals surface area contributed by atoms with Crippen molar-refractivity contribution in [3.63, 3.8) is 0 Å². The number of H-pyrrole nitrogens is 1. The number of hydrogen-bond donors (Lipinski definition) is 3. The topological polar surface area (TPSA) is 83.8 Å². The average Bonchev–Trinajstić information content (AvgIpc) is 2.66. The largest absolute Gasteiger partial charge is 0.394 e. The van der Waals surface area contributed by atoms with Crippen molar-refractivity contribution in [3.05, 3.63) is 6.20 Å². The summed E-state index contributed by atoms with van der Waals surface area (Å²) >= 11 is 0. The van der Waals surface area contributed by atoms with Crippen molar-refractivity contribution in [3.8, 4) is 0 Å². The molecular weight excluding hydrogens is 192 g/mol. The van der Waals surface area contributed by atoms with Crippen LogP contribution < -0.4 is 11.1 Å². The van der Waals surface area contributed by atoms with Gasteiger partial charge in [0, 0.05) is 5.92 Å². The molecule has 1 aliphatic carbocycles. The Kier molecular flexibility index (Phi) is 2.89. The number of nitrogens with one attached hydrogen (secondary N) is 2. The number of nitrogens with two attached hydrogens (primary N) is 1. The standard InChI is InChI=1S/C10H16N4O/c11-8-6-12-14-9(8)13-10(15)7-4-2-1-3-5-7/h6-7H,1-5,11H2,(H2,12,13,14,15). The molecule has 1 aromatic rings. The van der Waals surface area contributed by atoms with Gasteiger partial charge in [-0.3, -0.25) is 9.89 Å². The quantitative estimate of drug-likeness (QED) is 0.688. The van der Waals surface area contributed by atoms with Crippen molar-refractivity contribution in [2.45, 2.75) is 32.1 Å². The number of anilines is 2. The molecule has 15 heavy (non-hydrogen) atoms. The molecule has 0 radical (unpaired) electrons. The second-order valence-electron chi connectivity index (χ2n) is 4.02. The lowest BCUT2D eigenvalue weighted by Gasteiger charge is -2.20. The lowest BCUT2D eigenvalue weighted by Crippen LogP contribution is -2.25. The van der Waals surface area contributed by atoms with E-state index in [1.165, 1.54) is 12.6 Å². The number of nitrogen functional groups attached to an aromatic ring is 1. The molecule has 1 aromatic heterocycles. The van der Waals surface area contributed by atoms with Crippen LogP contribution in [0.2, 0.25) is 0 Å². The van der Waals surface area contributed by atoms with Crippen LogP contribution in [0.5, 0.6) is 0 Å². The molecule has 0 aromatic carbocycles. The van der Waals surface area contributed by atoms with Crippen LogP contribution in [0.3, 0.4) is 0 Å². The van der Waals surface area contributed by atoms with Crippen LogP contribution in [-0.2, 0) is 4.79 Å². The minimum atomic E-state index is 0.0608. The maximum absolute atomic E-state index is 11.8. The zero-order valence-corrected chi connectivity index (χ0v) is 8.62. The van der Waals surface area contributed by atoms with E-state index in [1.807, 2.05) is 0 Å². The van der Waals surface area contributed by atoms with Gasteiger partial charge in [0.05, 0.1) is 11.9 Å². The van der Waals surface area contributed by atoms with Crippen molar-refractivity contribution in [1.29, 1.82) is 0 Å². The Labute approximate surface area is 88.4 Å². The van der Waals surface area contributed by atoms with Crippen molar-refractivity contribution in [1.82, 2.24) is 10.2 Å². The Morgan fingerprint density at radius 3 is 2.80 bits per heavy atom. The molecule has 0 saturated heterocycles. The van der Waals surface area contributed by atoms with Crippen molar-refractivity contribution in [2.75, 3.05) is 11.1 Å². The molecule has 4 N–H and O–H groups in total. The zero-order chi connectivity index (χ0) is 10.7. The molecule has 1 aliphatic rings. The molecule has 1 heterocycles. The van der Waals surface area contributed by atoms with Crippen molar-refractivity contribution < 1.29 is 4.79 Å². The van der Waals surface area contributed by atoms with Gasteiger partial charge < -0.3 is 11.1 Å². The predicted octanol–water partition coefficient (Wildman–Crippen LogP) is 1.51. The van der Waals surface area contributed by atoms with Gasteiger partial charge in [-0.1, -0.05) is 19.3 Å². The van der Waals surface area contributed by atoms with Gasteiger partial charge in [0.1, 0.15) is 0 Å². The van der Waals surface area contributed by atoms with Crippen LogP contribution in [-0.4, -0.2) is 16.1 Å². The second kappa shape index (κ2) is 4.33. The molecule has 82 valence electrons. The van der Waals surface area contributed by atoms with E-state index in [2.05, 4.69) is 15.5 Å². The highest BCUT2D eigenvalue weighted by molar-refractivity contribution is 5.94. The van der Waals surface area contributed by atoms with Gasteiger partial charge in [0.2, 0.25) is 5.91 Å². The smallest absolute Gasteiger partial charge is 0.228 e. The first kappa shape index (κ1) is 10.0. The summed E-state index contributed by atoms with van der Waals surface area (Å²) in [7, 11) is 0. The number of carbonyl (C=O) groups is 1. The van der Waals surface area contributed by atoms with Gasteiger partial charge in [0.25, 0.3) is 0 Å². The van der Waals surface area contributed by atoms with Gasteiger partial charge in [-0.05, 0) is 12.8 Å². The minimum absolute atomic E-state index is 0.0608. The molecular formula is C10H16N4O. The van der Waals surface area contributed by atoms with Crippen molar-refractivity contribution >= 4 is 17.4 Å². The monoisotopic (exact) mass is 208 g/mol. The third-order valence-corrected chi connectivity index (χ3v) is 2.89. The Morgan fingerprint density at radius 2 is 2.20 bits per heavy atom. The van der Waals surface area contributed by atoms with E-state index in [1.54, 1.807) is 0 Å². The van der Waals surface area contributed by atoms with E-state index in [0.717, 1.165) is 25.7 Å². The summed E-state index contributed by atoms with van der Waals surface area (Å²) in [5.74, 6) is 0.720. The summed E-state index contributed by atoms with van der Waals surface area (Å²) in [4.78, 5) is 11.8. The number of carbonyl (C=O) groups excluding carboxylic acids is 1. The summed E-state index contributed by atoms with van der Waals surface area (Å²) in [5.41, 5.74) is 6.10. The lowest BCUT2D eigenvalue weighted by molar-refractivity contribution is -0.120. The third kappa shape index (κ3) is 2.29. The summed E-state index contributed by atoms with van der Waals surface area (Å²) in [6, 6.07) is 0. The SMILES string of the molecule is Nc1cn[nH]c1NC(=O)C1CCCCC1. The molecule has 1 fully saturated rings. The molecule has 5 nitrogen and oxygen atoms in total. The first-order chi connectivity index (χ1) is 7.27. The minimum Gasteiger partial charge on any atom is -0.394 e. The maximum atomic E-state index is 11.8. The van der Waals surface area contributed by atoms with Crippen LogP contribution in [0.4, 0.5) is 11.5 Å². The van der Waals surface area contributed by atoms with Crippen LogP contribution in [0.1, 0.15) is 32.1 Å². The molecule has 0 aliphatic heterocycles. The number of aromatic amines is 1. The van der Waals surface area contributed by atoms with Gasteiger partial charge in [-0.2, -0.15) is 5.10 Å². The average molecular weight is 208 g/mol. The Balaban J connectivity index is 1.94. The van der Waals surface area contributed by atoms with Gasteiger partial charge in [-0.25, -0.2) is 0 Å². The van der Waals surface area contributed by atoms with Crippen molar-refractivity contribution in [2.24, 2.45) is 5.92 Å². The Hall–Kier alpha value is -1.52. The zero-order valence-electron chi connectivity index (χ0n) is 8.62. The fourth-order valence-electron chi connectivity index (χ4n) is 1.99. The Morgan fingerprint density at radius 1 is 1.47 bits per heavy atom. The highest BCUT2D eigenvalue weighted by Crippen LogP contribution is 2.25. The van der Waals surface area contributed by atoms with Gasteiger partial charge >= 0.3 is 0 Å². The summed E-state index contributed by atoms with van der Waals surface area (Å²) in [6.07, 6.45) is 7.01. The first-order valence-corrected chi connectivity index (χ1v) is 5.37. The number of amides is 1. The van der Waals surface area contributed by atoms with E-state index >= 15 is 0 Å². The van der Waals surface area contributed by atoms with E-state index in [9.17, 15) is 4.79 Å². The predicted molar refractivity (Wildman–Crippen MR) is 58.2 cm³/mol. The first-order valence-electron chi connectivity index (χ1n) is 5.37.